The average molecular weight is 387 g/mol. The Morgan fingerprint density at radius 1 is 1.19 bits per heavy atom. The highest BCUT2D eigenvalue weighted by Gasteiger charge is 2.29. The smallest absolute Gasteiger partial charge is 0.446 e. The average Bonchev–Trinajstić information content (AvgIpc) is 2.55. The first kappa shape index (κ1) is 19.6. The molecule has 0 atom stereocenters. The van der Waals surface area contributed by atoms with Crippen LogP contribution in [0.2, 0.25) is 0 Å². The molecule has 2 aromatic carbocycles. The van der Waals surface area contributed by atoms with Crippen molar-refractivity contribution in [1.29, 1.82) is 0 Å². The number of rotatable bonds is 6. The first-order valence-corrected chi connectivity index (χ1v) is 8.00. The number of carbonyl (C=O) groups excluding carboxylic acids is 1. The maximum atomic E-state index is 12.3. The van der Waals surface area contributed by atoms with Gasteiger partial charge >= 0.3 is 11.5 Å². The fraction of sp³-hybridized carbons (Fsp3) is 0.188. The number of halogens is 3. The molecule has 0 radical (unpaired) electrons. The minimum Gasteiger partial charge on any atom is -0.462 e. The van der Waals surface area contributed by atoms with Crippen LogP contribution >= 0.6 is 11.8 Å². The Bertz CT molecular complexity index is 809. The number of nitrogens with zero attached hydrogens (tertiary/aromatic N) is 1. The SMILES string of the molecule is CCOC(=O)c1cc([N+](=O)[O-])ccc1Oc1ccc(SC(F)(F)F)cc1. The van der Waals surface area contributed by atoms with Gasteiger partial charge in [0.05, 0.1) is 11.5 Å². The zero-order valence-electron chi connectivity index (χ0n) is 13.3. The molecule has 0 bridgehead atoms. The summed E-state index contributed by atoms with van der Waals surface area (Å²) < 4.78 is 47.3. The van der Waals surface area contributed by atoms with Crippen LogP contribution in [0.1, 0.15) is 17.3 Å². The molecular formula is C16H12F3NO5S. The van der Waals surface area contributed by atoms with Gasteiger partial charge in [0, 0.05) is 17.0 Å². The molecule has 2 rings (SSSR count). The Morgan fingerprint density at radius 3 is 2.38 bits per heavy atom. The van der Waals surface area contributed by atoms with Crippen molar-refractivity contribution in [3.63, 3.8) is 0 Å². The van der Waals surface area contributed by atoms with Crippen molar-refractivity contribution in [2.24, 2.45) is 0 Å². The number of esters is 1. The van der Waals surface area contributed by atoms with Gasteiger partial charge in [-0.2, -0.15) is 13.2 Å². The van der Waals surface area contributed by atoms with Crippen molar-refractivity contribution >= 4 is 23.4 Å². The lowest BCUT2D eigenvalue weighted by molar-refractivity contribution is -0.384. The lowest BCUT2D eigenvalue weighted by atomic mass is 10.1. The third-order valence-corrected chi connectivity index (χ3v) is 3.69. The standard InChI is InChI=1S/C16H12F3NO5S/c1-2-24-15(21)13-9-10(20(22)23)3-8-14(13)25-11-4-6-12(7-5-11)26-16(17,18)19/h3-9H,2H2,1H3. The summed E-state index contributed by atoms with van der Waals surface area (Å²) in [5.74, 6) is -0.656. The Hall–Kier alpha value is -2.75. The van der Waals surface area contributed by atoms with Crippen LogP contribution in [0.15, 0.2) is 47.4 Å². The molecule has 0 saturated carbocycles. The summed E-state index contributed by atoms with van der Waals surface area (Å²) in [6.07, 6.45) is 0. The van der Waals surface area contributed by atoms with E-state index in [4.69, 9.17) is 9.47 Å². The van der Waals surface area contributed by atoms with Crippen molar-refractivity contribution < 1.29 is 32.4 Å². The van der Waals surface area contributed by atoms with E-state index in [9.17, 15) is 28.1 Å². The fourth-order valence-electron chi connectivity index (χ4n) is 1.93. The van der Waals surface area contributed by atoms with Gasteiger partial charge < -0.3 is 9.47 Å². The molecule has 0 aliphatic heterocycles. The summed E-state index contributed by atoms with van der Waals surface area (Å²) in [5.41, 5.74) is -4.88. The quantitative estimate of drug-likeness (QED) is 0.294. The van der Waals surface area contributed by atoms with E-state index in [2.05, 4.69) is 0 Å². The van der Waals surface area contributed by atoms with Crippen molar-refractivity contribution in [3.8, 4) is 11.5 Å². The number of nitro benzene ring substituents is 1. The van der Waals surface area contributed by atoms with Crippen LogP contribution in [-0.2, 0) is 4.74 Å². The maximum Gasteiger partial charge on any atom is 0.446 e. The second kappa shape index (κ2) is 8.09. The summed E-state index contributed by atoms with van der Waals surface area (Å²) in [5, 5.41) is 10.9. The fourth-order valence-corrected chi connectivity index (χ4v) is 2.46. The predicted molar refractivity (Wildman–Crippen MR) is 87.5 cm³/mol. The zero-order valence-corrected chi connectivity index (χ0v) is 14.1. The number of benzene rings is 2. The van der Waals surface area contributed by atoms with Crippen LogP contribution in [0.4, 0.5) is 18.9 Å². The molecule has 0 fully saturated rings. The van der Waals surface area contributed by atoms with Gasteiger partial charge in [-0.05, 0) is 49.0 Å². The Balaban J connectivity index is 2.27. The number of ether oxygens (including phenoxy) is 2. The molecule has 0 aliphatic carbocycles. The van der Waals surface area contributed by atoms with E-state index >= 15 is 0 Å². The van der Waals surface area contributed by atoms with Crippen LogP contribution in [0.3, 0.4) is 0 Å². The van der Waals surface area contributed by atoms with Crippen molar-refractivity contribution in [2.75, 3.05) is 6.61 Å². The van der Waals surface area contributed by atoms with Gasteiger partial charge in [0.2, 0.25) is 0 Å². The van der Waals surface area contributed by atoms with Gasteiger partial charge in [-0.15, -0.1) is 0 Å². The number of non-ortho nitro benzene ring substituents is 1. The molecule has 138 valence electrons. The Labute approximate surface area is 150 Å². The van der Waals surface area contributed by atoms with E-state index < -0.39 is 16.4 Å². The number of nitro groups is 1. The van der Waals surface area contributed by atoms with Crippen molar-refractivity contribution in [3.05, 3.63) is 58.1 Å². The lowest BCUT2D eigenvalue weighted by Crippen LogP contribution is -2.07. The number of thioether (sulfide) groups is 1. The Morgan fingerprint density at radius 2 is 1.85 bits per heavy atom. The van der Waals surface area contributed by atoms with Gasteiger partial charge in [0.15, 0.2) is 0 Å². The lowest BCUT2D eigenvalue weighted by Gasteiger charge is -2.11. The molecule has 10 heteroatoms. The molecule has 0 amide bonds. The molecule has 0 heterocycles. The maximum absolute atomic E-state index is 12.3. The first-order valence-electron chi connectivity index (χ1n) is 7.19. The minimum atomic E-state index is -4.40. The van der Waals surface area contributed by atoms with Crippen LogP contribution in [0.25, 0.3) is 0 Å². The summed E-state index contributed by atoms with van der Waals surface area (Å²) in [7, 11) is 0. The van der Waals surface area contributed by atoms with Crippen LogP contribution in [0.5, 0.6) is 11.5 Å². The molecule has 2 aromatic rings. The Kier molecular flexibility index (Phi) is 6.09. The second-order valence-corrected chi connectivity index (χ2v) is 5.92. The van der Waals surface area contributed by atoms with E-state index in [1.165, 1.54) is 30.3 Å². The third kappa shape index (κ3) is 5.38. The normalized spacial score (nSPS) is 11.1. The van der Waals surface area contributed by atoms with E-state index in [1.807, 2.05) is 0 Å². The van der Waals surface area contributed by atoms with Gasteiger partial charge in [-0.3, -0.25) is 10.1 Å². The highest BCUT2D eigenvalue weighted by Crippen LogP contribution is 2.38. The second-order valence-electron chi connectivity index (χ2n) is 4.78. The molecule has 6 nitrogen and oxygen atoms in total. The van der Waals surface area contributed by atoms with Gasteiger partial charge in [-0.25, -0.2) is 4.79 Å². The molecule has 0 aliphatic rings. The predicted octanol–water partition coefficient (Wildman–Crippen LogP) is 5.18. The van der Waals surface area contributed by atoms with E-state index in [1.54, 1.807) is 6.92 Å². The van der Waals surface area contributed by atoms with E-state index in [0.29, 0.717) is 0 Å². The van der Waals surface area contributed by atoms with Crippen LogP contribution in [-0.4, -0.2) is 23.0 Å². The molecule has 0 unspecified atom stereocenters. The summed E-state index contributed by atoms with van der Waals surface area (Å²) in [4.78, 5) is 22.2. The summed E-state index contributed by atoms with van der Waals surface area (Å²) >= 11 is -0.269. The van der Waals surface area contributed by atoms with E-state index in [-0.39, 0.29) is 46.0 Å². The highest BCUT2D eigenvalue weighted by molar-refractivity contribution is 8.00. The molecule has 0 saturated heterocycles. The van der Waals surface area contributed by atoms with Gasteiger partial charge in [0.25, 0.3) is 5.69 Å². The van der Waals surface area contributed by atoms with E-state index in [0.717, 1.165) is 12.1 Å². The summed E-state index contributed by atoms with van der Waals surface area (Å²) in [6, 6.07) is 8.40. The molecule has 0 N–H and O–H groups in total. The number of hydrogen-bond acceptors (Lipinski definition) is 6. The van der Waals surface area contributed by atoms with Crippen molar-refractivity contribution in [1.82, 2.24) is 0 Å². The molecule has 0 aromatic heterocycles. The largest absolute Gasteiger partial charge is 0.462 e. The third-order valence-electron chi connectivity index (χ3n) is 2.95. The van der Waals surface area contributed by atoms with Crippen LogP contribution < -0.4 is 4.74 Å². The number of alkyl halides is 3. The molecule has 0 spiro atoms. The summed E-state index contributed by atoms with van der Waals surface area (Å²) in [6.45, 7) is 1.64. The molecular weight excluding hydrogens is 375 g/mol. The zero-order chi connectivity index (χ0) is 19.3. The van der Waals surface area contributed by atoms with Crippen LogP contribution in [0, 0.1) is 10.1 Å². The number of carbonyl (C=O) groups is 1. The topological polar surface area (TPSA) is 78.7 Å². The van der Waals surface area contributed by atoms with Gasteiger partial charge in [0.1, 0.15) is 17.1 Å². The first-order chi connectivity index (χ1) is 12.2. The molecule has 26 heavy (non-hydrogen) atoms. The monoisotopic (exact) mass is 387 g/mol. The number of hydrogen-bond donors (Lipinski definition) is 0. The van der Waals surface area contributed by atoms with Gasteiger partial charge in [-0.1, -0.05) is 0 Å². The minimum absolute atomic E-state index is 0.00901. The van der Waals surface area contributed by atoms with Crippen molar-refractivity contribution in [2.45, 2.75) is 17.3 Å². The highest BCUT2D eigenvalue weighted by atomic mass is 32.2.